The van der Waals surface area contributed by atoms with Crippen molar-refractivity contribution < 1.29 is 4.74 Å². The van der Waals surface area contributed by atoms with Crippen LogP contribution in [0, 0.1) is 12.8 Å². The van der Waals surface area contributed by atoms with E-state index in [1.165, 1.54) is 5.56 Å². The Bertz CT molecular complexity index is 632. The molecule has 23 heavy (non-hydrogen) atoms. The first-order valence-corrected chi connectivity index (χ1v) is 8.32. The van der Waals surface area contributed by atoms with Gasteiger partial charge in [0.25, 0.3) is 0 Å². The lowest BCUT2D eigenvalue weighted by molar-refractivity contribution is 0.185. The zero-order valence-corrected chi connectivity index (χ0v) is 13.8. The maximum atomic E-state index is 5.70. The summed E-state index contributed by atoms with van der Waals surface area (Å²) in [4.78, 5) is 13.2. The Morgan fingerprint density at radius 3 is 2.83 bits per heavy atom. The first-order chi connectivity index (χ1) is 11.2. The lowest BCUT2D eigenvalue weighted by Gasteiger charge is -2.20. The molecule has 0 radical (unpaired) electrons. The average Bonchev–Trinajstić information content (AvgIpc) is 2.95. The van der Waals surface area contributed by atoms with Crippen LogP contribution in [0.4, 0.5) is 5.82 Å². The van der Waals surface area contributed by atoms with Crippen molar-refractivity contribution in [2.45, 2.75) is 39.2 Å². The minimum Gasteiger partial charge on any atom is -0.379 e. The second kappa shape index (κ2) is 7.51. The minimum absolute atomic E-state index is 0.284. The molecule has 2 atom stereocenters. The van der Waals surface area contributed by atoms with Gasteiger partial charge in [0.05, 0.1) is 19.3 Å². The zero-order valence-electron chi connectivity index (χ0n) is 13.8. The van der Waals surface area contributed by atoms with Crippen molar-refractivity contribution >= 4 is 5.82 Å². The Labute approximate surface area is 137 Å². The maximum absolute atomic E-state index is 5.70. The van der Waals surface area contributed by atoms with E-state index in [1.54, 1.807) is 0 Å². The van der Waals surface area contributed by atoms with Gasteiger partial charge in [0.2, 0.25) is 0 Å². The smallest absolute Gasteiger partial charge is 0.130 e. The van der Waals surface area contributed by atoms with Gasteiger partial charge in [-0.15, -0.1) is 0 Å². The third-order valence-corrected chi connectivity index (χ3v) is 4.15. The number of hydrogen-bond acceptors (Lipinski definition) is 5. The van der Waals surface area contributed by atoms with Gasteiger partial charge < -0.3 is 10.1 Å². The molecule has 1 fully saturated rings. The summed E-state index contributed by atoms with van der Waals surface area (Å²) in [6, 6.07) is 6.45. The lowest BCUT2D eigenvalue weighted by Crippen LogP contribution is -2.30. The van der Waals surface area contributed by atoms with Gasteiger partial charge in [0.1, 0.15) is 11.6 Å². The molecule has 5 nitrogen and oxygen atoms in total. The van der Waals surface area contributed by atoms with E-state index in [1.807, 2.05) is 25.4 Å². The number of pyridine rings is 1. The van der Waals surface area contributed by atoms with E-state index in [0.717, 1.165) is 49.8 Å². The molecule has 1 aliphatic rings. The molecule has 0 aliphatic carbocycles. The Morgan fingerprint density at radius 1 is 1.22 bits per heavy atom. The van der Waals surface area contributed by atoms with Crippen LogP contribution in [0.3, 0.4) is 0 Å². The molecule has 1 saturated heterocycles. The molecule has 122 valence electrons. The van der Waals surface area contributed by atoms with Gasteiger partial charge in [0.15, 0.2) is 0 Å². The molecule has 1 N–H and O–H groups in total. The van der Waals surface area contributed by atoms with Crippen LogP contribution in [-0.4, -0.2) is 34.2 Å². The predicted molar refractivity (Wildman–Crippen MR) is 90.4 cm³/mol. The first-order valence-electron chi connectivity index (χ1n) is 8.32. The number of hydrogen-bond donors (Lipinski definition) is 1. The number of anilines is 1. The molecule has 1 aliphatic heterocycles. The summed E-state index contributed by atoms with van der Waals surface area (Å²) in [5.74, 6) is 2.28. The predicted octanol–water partition coefficient (Wildman–Crippen LogP) is 2.80. The molecular weight excluding hydrogens is 288 g/mol. The molecule has 0 amide bonds. The average molecular weight is 312 g/mol. The zero-order chi connectivity index (χ0) is 16.1. The number of nitrogens with one attached hydrogen (secondary N) is 1. The van der Waals surface area contributed by atoms with E-state index in [9.17, 15) is 0 Å². The highest BCUT2D eigenvalue weighted by atomic mass is 16.5. The van der Waals surface area contributed by atoms with E-state index in [4.69, 9.17) is 4.74 Å². The fourth-order valence-corrected chi connectivity index (χ4v) is 3.01. The number of rotatable bonds is 6. The van der Waals surface area contributed by atoms with Gasteiger partial charge >= 0.3 is 0 Å². The SMILES string of the molecule is CCCc1nc(C)cc(N[C@H]2COC[C@H]2Cc2ccncc2)n1. The third kappa shape index (κ3) is 4.26. The van der Waals surface area contributed by atoms with Gasteiger partial charge in [0, 0.05) is 36.5 Å². The van der Waals surface area contributed by atoms with Crippen LogP contribution >= 0.6 is 0 Å². The minimum atomic E-state index is 0.284. The maximum Gasteiger partial charge on any atom is 0.130 e. The summed E-state index contributed by atoms with van der Waals surface area (Å²) in [5, 5.41) is 3.56. The molecule has 0 aromatic carbocycles. The fraction of sp³-hybridized carbons (Fsp3) is 0.500. The molecular formula is C18H24N4O. The molecule has 3 heterocycles. The van der Waals surface area contributed by atoms with Crippen LogP contribution in [-0.2, 0) is 17.6 Å². The summed E-state index contributed by atoms with van der Waals surface area (Å²) in [6.45, 7) is 5.67. The lowest BCUT2D eigenvalue weighted by atomic mass is 9.95. The van der Waals surface area contributed by atoms with Gasteiger partial charge in [-0.05, 0) is 37.5 Å². The quantitative estimate of drug-likeness (QED) is 0.889. The summed E-state index contributed by atoms with van der Waals surface area (Å²) in [6.07, 6.45) is 6.65. The van der Waals surface area contributed by atoms with E-state index >= 15 is 0 Å². The molecule has 3 rings (SSSR count). The van der Waals surface area contributed by atoms with Crippen LogP contribution in [0.15, 0.2) is 30.6 Å². The number of aryl methyl sites for hydroxylation is 2. The van der Waals surface area contributed by atoms with Crippen molar-refractivity contribution in [3.8, 4) is 0 Å². The molecule has 0 unspecified atom stereocenters. The molecule has 0 bridgehead atoms. The summed E-state index contributed by atoms with van der Waals surface area (Å²) >= 11 is 0. The van der Waals surface area contributed by atoms with Gasteiger partial charge in [-0.1, -0.05) is 6.92 Å². The first kappa shape index (κ1) is 15.9. The summed E-state index contributed by atoms with van der Waals surface area (Å²) in [5.41, 5.74) is 2.31. The summed E-state index contributed by atoms with van der Waals surface area (Å²) < 4.78 is 5.70. The highest BCUT2D eigenvalue weighted by Crippen LogP contribution is 2.22. The number of ether oxygens (including phenoxy) is 1. The number of nitrogens with zero attached hydrogens (tertiary/aromatic N) is 3. The molecule has 2 aromatic rings. The largest absolute Gasteiger partial charge is 0.379 e. The molecule has 0 spiro atoms. The number of aromatic nitrogens is 3. The Balaban J connectivity index is 1.69. The Morgan fingerprint density at radius 2 is 2.04 bits per heavy atom. The normalized spacial score (nSPS) is 20.6. The van der Waals surface area contributed by atoms with E-state index < -0.39 is 0 Å². The Kier molecular flexibility index (Phi) is 5.18. The van der Waals surface area contributed by atoms with Gasteiger partial charge in [-0.2, -0.15) is 0 Å². The van der Waals surface area contributed by atoms with Crippen LogP contribution in [0.1, 0.15) is 30.4 Å². The van der Waals surface area contributed by atoms with Crippen molar-refractivity contribution in [2.75, 3.05) is 18.5 Å². The van der Waals surface area contributed by atoms with E-state index in [-0.39, 0.29) is 6.04 Å². The highest BCUT2D eigenvalue weighted by molar-refractivity contribution is 5.37. The van der Waals surface area contributed by atoms with Crippen molar-refractivity contribution in [2.24, 2.45) is 5.92 Å². The third-order valence-electron chi connectivity index (χ3n) is 4.15. The molecule has 0 saturated carbocycles. The van der Waals surface area contributed by atoms with Crippen LogP contribution in [0.5, 0.6) is 0 Å². The highest BCUT2D eigenvalue weighted by Gasteiger charge is 2.28. The van der Waals surface area contributed by atoms with E-state index in [0.29, 0.717) is 5.92 Å². The molecule has 5 heteroatoms. The second-order valence-electron chi connectivity index (χ2n) is 6.17. The second-order valence-corrected chi connectivity index (χ2v) is 6.17. The van der Waals surface area contributed by atoms with Crippen LogP contribution in [0.25, 0.3) is 0 Å². The topological polar surface area (TPSA) is 59.9 Å². The van der Waals surface area contributed by atoms with Crippen molar-refractivity contribution in [3.63, 3.8) is 0 Å². The Hall–Kier alpha value is -2.01. The monoisotopic (exact) mass is 312 g/mol. The van der Waals surface area contributed by atoms with Gasteiger partial charge in [-0.3, -0.25) is 4.98 Å². The van der Waals surface area contributed by atoms with Crippen molar-refractivity contribution in [3.05, 3.63) is 47.7 Å². The van der Waals surface area contributed by atoms with Crippen LogP contribution in [0.2, 0.25) is 0 Å². The van der Waals surface area contributed by atoms with Crippen molar-refractivity contribution in [1.82, 2.24) is 15.0 Å². The standard InChI is InChI=1S/C18H24N4O/c1-3-4-17-20-13(2)9-18(22-17)21-16-12-23-11-15(16)10-14-5-7-19-8-6-14/h5-9,15-16H,3-4,10-12H2,1-2H3,(H,20,21,22)/t15-,16+/m1/s1. The summed E-state index contributed by atoms with van der Waals surface area (Å²) in [7, 11) is 0. The van der Waals surface area contributed by atoms with E-state index in [2.05, 4.69) is 39.3 Å². The van der Waals surface area contributed by atoms with Gasteiger partial charge in [-0.25, -0.2) is 9.97 Å². The molecule has 2 aromatic heterocycles. The fourth-order valence-electron chi connectivity index (χ4n) is 3.01. The van der Waals surface area contributed by atoms with Crippen molar-refractivity contribution in [1.29, 1.82) is 0 Å². The van der Waals surface area contributed by atoms with Crippen LogP contribution < -0.4 is 5.32 Å².